The molecule has 7 aromatic carbocycles. The first-order valence-electron chi connectivity index (χ1n) is 17.2. The maximum absolute atomic E-state index is 2.50. The van der Waals surface area contributed by atoms with Gasteiger partial charge in [0.25, 0.3) is 0 Å². The van der Waals surface area contributed by atoms with Crippen molar-refractivity contribution in [3.05, 3.63) is 167 Å². The predicted octanol–water partition coefficient (Wildman–Crippen LogP) is 5.36. The fourth-order valence-electron chi connectivity index (χ4n) is 7.17. The Hall–Kier alpha value is -3.13. The minimum atomic E-state index is 0. The van der Waals surface area contributed by atoms with Crippen LogP contribution < -0.4 is 35.2 Å². The van der Waals surface area contributed by atoms with Crippen LogP contribution in [-0.4, -0.2) is 9.52 Å². The van der Waals surface area contributed by atoms with Gasteiger partial charge in [-0.25, -0.2) is 0 Å². The van der Waals surface area contributed by atoms with Crippen LogP contribution in [-0.2, 0) is 37.0 Å². The van der Waals surface area contributed by atoms with Crippen LogP contribution in [0.25, 0.3) is 38.4 Å². The molecule has 8 rings (SSSR count). The van der Waals surface area contributed by atoms with E-state index in [2.05, 4.69) is 188 Å². The molecular weight excluding hydrogens is 755 g/mol. The summed E-state index contributed by atoms with van der Waals surface area (Å²) in [4.78, 5) is 0. The Kier molecular flexibility index (Phi) is 13.0. The van der Waals surface area contributed by atoms with Crippen LogP contribution in [0.15, 0.2) is 139 Å². The summed E-state index contributed by atoms with van der Waals surface area (Å²) in [7, 11) is 0.777. The average Bonchev–Trinajstić information content (AvgIpc) is 3.61. The Morgan fingerprint density at radius 2 is 1.12 bits per heavy atom. The third-order valence-corrected chi connectivity index (χ3v) is 11.1. The predicted molar refractivity (Wildman–Crippen MR) is 212 cm³/mol. The van der Waals surface area contributed by atoms with Crippen LogP contribution >= 0.6 is 0 Å². The van der Waals surface area contributed by atoms with Crippen LogP contribution in [0.4, 0.5) is 0 Å². The third kappa shape index (κ3) is 8.42. The maximum atomic E-state index is 2.50. The Bertz CT molecular complexity index is 2250. The first kappa shape index (κ1) is 40.6. The fourth-order valence-corrected chi connectivity index (χ4v) is 8.22. The Morgan fingerprint density at radius 3 is 1.73 bits per heavy atom. The molecular formula is C47H45Cl2SiZr. The van der Waals surface area contributed by atoms with Crippen molar-refractivity contribution in [2.45, 2.75) is 65.2 Å². The number of rotatable bonds is 3. The third-order valence-electron chi connectivity index (χ3n) is 9.88. The van der Waals surface area contributed by atoms with Crippen LogP contribution in [0.3, 0.4) is 0 Å². The first-order valence-corrected chi connectivity index (χ1v) is 18.2. The van der Waals surface area contributed by atoms with E-state index >= 15 is 0 Å². The normalized spacial score (nSPS) is 13.7. The quantitative estimate of drug-likeness (QED) is 0.167. The molecule has 1 aliphatic carbocycles. The Morgan fingerprint density at radius 1 is 0.549 bits per heavy atom. The van der Waals surface area contributed by atoms with E-state index in [1.54, 1.807) is 0 Å². The van der Waals surface area contributed by atoms with Gasteiger partial charge in [-0.15, -0.1) is 33.7 Å². The number of halogens is 2. The smallest absolute Gasteiger partial charge is 1.00 e. The van der Waals surface area contributed by atoms with Gasteiger partial charge in [0, 0.05) is 5.92 Å². The van der Waals surface area contributed by atoms with Crippen molar-refractivity contribution < 1.29 is 51.0 Å². The van der Waals surface area contributed by atoms with Gasteiger partial charge in [-0.2, -0.15) is 0 Å². The zero-order valence-electron chi connectivity index (χ0n) is 30.6. The van der Waals surface area contributed by atoms with Gasteiger partial charge in [-0.05, 0) is 39.7 Å². The van der Waals surface area contributed by atoms with Crippen LogP contribution in [0.5, 0.6) is 0 Å². The molecule has 0 aliphatic heterocycles. The molecule has 0 aromatic heterocycles. The van der Waals surface area contributed by atoms with E-state index in [0.717, 1.165) is 9.52 Å². The van der Waals surface area contributed by atoms with Gasteiger partial charge < -0.3 is 24.8 Å². The van der Waals surface area contributed by atoms with E-state index in [0.29, 0.717) is 5.92 Å². The molecule has 51 heavy (non-hydrogen) atoms. The average molecular weight is 800 g/mol. The fraction of sp³-hybridized carbons (Fsp3) is 0.213. The van der Waals surface area contributed by atoms with Gasteiger partial charge in [0.15, 0.2) is 0 Å². The van der Waals surface area contributed by atoms with E-state index < -0.39 is 0 Å². The zero-order valence-corrected chi connectivity index (χ0v) is 35.6. The molecule has 0 heterocycles. The summed E-state index contributed by atoms with van der Waals surface area (Å²) < 4.78 is 0. The van der Waals surface area contributed by atoms with Crippen LogP contribution in [0.2, 0.25) is 0 Å². The van der Waals surface area contributed by atoms with E-state index in [4.69, 9.17) is 0 Å². The minimum absolute atomic E-state index is 0. The molecule has 1 aliphatic rings. The summed E-state index contributed by atoms with van der Waals surface area (Å²) in [5.41, 5.74) is 8.74. The van der Waals surface area contributed by atoms with Crippen molar-refractivity contribution in [3.8, 4) is 0 Å². The number of allylic oxidation sites excluding steroid dienone is 1. The molecule has 4 heteroatoms. The second-order valence-corrected chi connectivity index (χ2v) is 16.8. The zero-order chi connectivity index (χ0) is 33.6. The molecule has 0 fully saturated rings. The van der Waals surface area contributed by atoms with Crippen molar-refractivity contribution in [1.29, 1.82) is 0 Å². The van der Waals surface area contributed by atoms with E-state index in [9.17, 15) is 0 Å². The summed E-state index contributed by atoms with van der Waals surface area (Å²) >= 11 is 0. The van der Waals surface area contributed by atoms with Gasteiger partial charge in [0.05, 0.1) is 0 Å². The summed E-state index contributed by atoms with van der Waals surface area (Å²) in [5, 5.41) is 11.0. The monoisotopic (exact) mass is 797 g/mol. The standard InChI is InChI=1S/C35H35.C12H10Si.2ClH.Zr/c1-21-16-29-26-11-9-8-10-22(26)13-15-27(29)33(21)32-20-25(35(5,6)7)19-31-28-18-24(34(2,3)4)14-12-23(28)17-30(31)32;1-3-7-11(8-4-1)13-12-9-5-2-6-10-12;;;/h8-20,33H,1-7H3;1-10H;2*1H;/q-1;;;;+3/p-2. The van der Waals surface area contributed by atoms with Gasteiger partial charge in [0.2, 0.25) is 0 Å². The summed E-state index contributed by atoms with van der Waals surface area (Å²) in [6.45, 7) is 16.2. The van der Waals surface area contributed by atoms with Gasteiger partial charge in [-0.3, -0.25) is 0 Å². The molecule has 3 radical (unpaired) electrons. The number of hydrogen-bond donors (Lipinski definition) is 0. The summed E-state index contributed by atoms with van der Waals surface area (Å²) in [6.07, 6.45) is 2.43. The number of hydrogen-bond acceptors (Lipinski definition) is 0. The molecule has 0 nitrogen and oxygen atoms in total. The first-order chi connectivity index (χ1) is 23.0. The van der Waals surface area contributed by atoms with Gasteiger partial charge in [-0.1, -0.05) is 202 Å². The molecule has 0 N–H and O–H groups in total. The molecule has 7 aromatic rings. The summed E-state index contributed by atoms with van der Waals surface area (Å²) in [6, 6.07) is 49.1. The topological polar surface area (TPSA) is 0 Å². The SMILES string of the molecule is CC1=Cc2c(ccc3ccccc23)C1c1cc(C(C)(C)C)cc2c1[cH-]c1ccc(C(C)(C)C)cc12.[Cl-].[Cl-].[Zr+3].c1ccc([Si]c2ccccc2)cc1. The second kappa shape index (κ2) is 16.3. The molecule has 0 amide bonds. The largest absolute Gasteiger partial charge is 3.00 e. The molecule has 0 saturated carbocycles. The second-order valence-electron chi connectivity index (χ2n) is 15.4. The van der Waals surface area contributed by atoms with Gasteiger partial charge in [0.1, 0.15) is 9.52 Å². The Balaban J connectivity index is 0.000000310. The molecule has 255 valence electrons. The van der Waals surface area contributed by atoms with Crippen molar-refractivity contribution in [3.63, 3.8) is 0 Å². The number of fused-ring (bicyclic) bond motifs is 6. The molecule has 0 spiro atoms. The Labute approximate surface area is 338 Å². The number of benzene rings is 6. The van der Waals surface area contributed by atoms with Gasteiger partial charge >= 0.3 is 26.2 Å². The van der Waals surface area contributed by atoms with Crippen molar-refractivity contribution in [2.75, 3.05) is 0 Å². The molecule has 1 unspecified atom stereocenters. The maximum Gasteiger partial charge on any atom is 3.00 e. The summed E-state index contributed by atoms with van der Waals surface area (Å²) in [5.74, 6) is 0.290. The van der Waals surface area contributed by atoms with E-state index in [1.165, 1.54) is 76.1 Å². The van der Waals surface area contributed by atoms with Crippen molar-refractivity contribution in [1.82, 2.24) is 0 Å². The van der Waals surface area contributed by atoms with E-state index in [1.807, 2.05) is 0 Å². The molecule has 1 atom stereocenters. The van der Waals surface area contributed by atoms with E-state index in [-0.39, 0.29) is 61.8 Å². The molecule has 0 saturated heterocycles. The van der Waals surface area contributed by atoms with Crippen LogP contribution in [0, 0.1) is 0 Å². The molecule has 0 bridgehead atoms. The minimum Gasteiger partial charge on any atom is -1.00 e. The van der Waals surface area contributed by atoms with Crippen molar-refractivity contribution >= 4 is 58.3 Å². The van der Waals surface area contributed by atoms with Crippen molar-refractivity contribution in [2.24, 2.45) is 0 Å². The van der Waals surface area contributed by atoms with Crippen LogP contribution in [0.1, 0.15) is 82.2 Å².